The standard InChI is InChI=1S/C9H6BrClN2S/c10-5-3-7-6(8(4-5)14-12)1-2-13-9(7)11/h1-4H,12H2. The van der Waals surface area contributed by atoms with Gasteiger partial charge in [-0.2, -0.15) is 0 Å². The molecule has 1 aromatic carbocycles. The molecule has 0 atom stereocenters. The first-order valence-corrected chi connectivity index (χ1v) is 5.88. The molecule has 1 heterocycles. The van der Waals surface area contributed by atoms with E-state index in [1.54, 1.807) is 6.20 Å². The number of pyridine rings is 1. The molecule has 14 heavy (non-hydrogen) atoms. The maximum Gasteiger partial charge on any atom is 0.136 e. The van der Waals surface area contributed by atoms with Crippen LogP contribution in [-0.4, -0.2) is 4.98 Å². The summed E-state index contributed by atoms with van der Waals surface area (Å²) in [6, 6.07) is 5.80. The Hall–Kier alpha value is -0.290. The summed E-state index contributed by atoms with van der Waals surface area (Å²) in [5.74, 6) is 0. The first kappa shape index (κ1) is 10.2. The van der Waals surface area contributed by atoms with Gasteiger partial charge in [0, 0.05) is 26.3 Å². The normalized spacial score (nSPS) is 10.8. The molecule has 2 nitrogen and oxygen atoms in total. The smallest absolute Gasteiger partial charge is 0.136 e. The van der Waals surface area contributed by atoms with Gasteiger partial charge in [-0.15, -0.1) is 0 Å². The largest absolute Gasteiger partial charge is 0.274 e. The second kappa shape index (κ2) is 4.06. The molecule has 2 N–H and O–H groups in total. The Morgan fingerprint density at radius 2 is 2.14 bits per heavy atom. The van der Waals surface area contributed by atoms with E-state index in [1.807, 2.05) is 18.2 Å². The lowest BCUT2D eigenvalue weighted by Gasteiger charge is -2.05. The molecule has 2 aromatic rings. The fourth-order valence-corrected chi connectivity index (χ4v) is 2.60. The predicted molar refractivity (Wildman–Crippen MR) is 64.5 cm³/mol. The molecule has 0 unspecified atom stereocenters. The van der Waals surface area contributed by atoms with E-state index in [0.29, 0.717) is 5.15 Å². The number of benzene rings is 1. The average Bonchev–Trinajstić information content (AvgIpc) is 2.18. The first-order chi connectivity index (χ1) is 6.72. The molecule has 0 aliphatic rings. The van der Waals surface area contributed by atoms with E-state index in [9.17, 15) is 0 Å². The summed E-state index contributed by atoms with van der Waals surface area (Å²) in [7, 11) is 0. The van der Waals surface area contributed by atoms with Gasteiger partial charge in [0.25, 0.3) is 0 Å². The van der Waals surface area contributed by atoms with E-state index < -0.39 is 0 Å². The van der Waals surface area contributed by atoms with Gasteiger partial charge in [-0.3, -0.25) is 5.14 Å². The second-order valence-electron chi connectivity index (χ2n) is 2.72. The summed E-state index contributed by atoms with van der Waals surface area (Å²) in [6.07, 6.45) is 1.68. The quantitative estimate of drug-likeness (QED) is 0.644. The third kappa shape index (κ3) is 1.75. The minimum Gasteiger partial charge on any atom is -0.274 e. The number of nitrogens with zero attached hydrogens (tertiary/aromatic N) is 1. The number of hydrogen-bond donors (Lipinski definition) is 1. The summed E-state index contributed by atoms with van der Waals surface area (Å²) in [6.45, 7) is 0. The predicted octanol–water partition coefficient (Wildman–Crippen LogP) is 3.62. The molecule has 0 radical (unpaired) electrons. The second-order valence-corrected chi connectivity index (χ2v) is 4.67. The minimum atomic E-state index is 0.499. The van der Waals surface area contributed by atoms with Crippen molar-refractivity contribution in [3.05, 3.63) is 34.0 Å². The zero-order chi connectivity index (χ0) is 10.1. The molecule has 0 bridgehead atoms. The summed E-state index contributed by atoms with van der Waals surface area (Å²) in [5, 5.41) is 8.01. The lowest BCUT2D eigenvalue weighted by Crippen LogP contribution is -1.85. The van der Waals surface area contributed by atoms with Gasteiger partial charge in [0.2, 0.25) is 0 Å². The van der Waals surface area contributed by atoms with Gasteiger partial charge in [0.1, 0.15) is 5.15 Å². The highest BCUT2D eigenvalue weighted by molar-refractivity contribution is 9.10. The van der Waals surface area contributed by atoms with Crippen LogP contribution in [0.4, 0.5) is 0 Å². The molecule has 72 valence electrons. The summed E-state index contributed by atoms with van der Waals surface area (Å²) in [5.41, 5.74) is 0. The summed E-state index contributed by atoms with van der Waals surface area (Å²) < 4.78 is 0.952. The van der Waals surface area contributed by atoms with Crippen LogP contribution < -0.4 is 5.14 Å². The topological polar surface area (TPSA) is 38.9 Å². The van der Waals surface area contributed by atoms with Crippen LogP contribution >= 0.6 is 39.5 Å². The van der Waals surface area contributed by atoms with E-state index in [1.165, 1.54) is 11.9 Å². The van der Waals surface area contributed by atoms with Crippen LogP contribution in [0.5, 0.6) is 0 Å². The van der Waals surface area contributed by atoms with E-state index in [4.69, 9.17) is 16.7 Å². The third-order valence-electron chi connectivity index (χ3n) is 1.89. The maximum absolute atomic E-state index is 5.98. The van der Waals surface area contributed by atoms with E-state index in [0.717, 1.165) is 20.1 Å². The maximum atomic E-state index is 5.98. The molecule has 0 fully saturated rings. The Morgan fingerprint density at radius 3 is 2.86 bits per heavy atom. The van der Waals surface area contributed by atoms with Gasteiger partial charge >= 0.3 is 0 Å². The number of rotatable bonds is 1. The number of nitrogens with two attached hydrogens (primary N) is 1. The van der Waals surface area contributed by atoms with Gasteiger partial charge < -0.3 is 0 Å². The van der Waals surface area contributed by atoms with Gasteiger partial charge in [0.05, 0.1) is 0 Å². The molecule has 0 aliphatic carbocycles. The minimum absolute atomic E-state index is 0.499. The number of halogens is 2. The molecule has 0 aliphatic heterocycles. The van der Waals surface area contributed by atoms with Crippen LogP contribution in [0, 0.1) is 0 Å². The summed E-state index contributed by atoms with van der Waals surface area (Å²) >= 11 is 10.6. The monoisotopic (exact) mass is 288 g/mol. The fraction of sp³-hybridized carbons (Fsp3) is 0. The van der Waals surface area contributed by atoms with Crippen molar-refractivity contribution in [3.63, 3.8) is 0 Å². The molecule has 2 rings (SSSR count). The highest BCUT2D eigenvalue weighted by Crippen LogP contribution is 2.31. The van der Waals surface area contributed by atoms with Crippen LogP contribution in [0.15, 0.2) is 33.8 Å². The lowest BCUT2D eigenvalue weighted by molar-refractivity contribution is 1.35. The highest BCUT2D eigenvalue weighted by atomic mass is 79.9. The SMILES string of the molecule is NSc1cc(Br)cc2c(Cl)nccc12. The summed E-state index contributed by atoms with van der Waals surface area (Å²) in [4.78, 5) is 5.00. The van der Waals surface area contributed by atoms with Crippen LogP contribution in [0.2, 0.25) is 5.15 Å². The highest BCUT2D eigenvalue weighted by Gasteiger charge is 2.05. The van der Waals surface area contributed by atoms with Crippen LogP contribution in [0.25, 0.3) is 10.8 Å². The molecule has 0 saturated carbocycles. The Labute approximate surface area is 99.1 Å². The van der Waals surface area contributed by atoms with Gasteiger partial charge in [-0.05, 0) is 30.1 Å². The zero-order valence-electron chi connectivity index (χ0n) is 7.00. The lowest BCUT2D eigenvalue weighted by atomic mass is 10.2. The van der Waals surface area contributed by atoms with Gasteiger partial charge in [-0.1, -0.05) is 27.5 Å². The average molecular weight is 290 g/mol. The Morgan fingerprint density at radius 1 is 1.36 bits per heavy atom. The fourth-order valence-electron chi connectivity index (χ4n) is 1.28. The van der Waals surface area contributed by atoms with Crippen molar-refractivity contribution in [1.29, 1.82) is 0 Å². The Balaban J connectivity index is 2.87. The van der Waals surface area contributed by atoms with Crippen LogP contribution in [0.3, 0.4) is 0 Å². The number of hydrogen-bond acceptors (Lipinski definition) is 3. The molecule has 0 spiro atoms. The van der Waals surface area contributed by atoms with E-state index in [-0.39, 0.29) is 0 Å². The third-order valence-corrected chi connectivity index (χ3v) is 3.24. The molecule has 5 heteroatoms. The molecular weight excluding hydrogens is 284 g/mol. The Kier molecular flexibility index (Phi) is 2.97. The van der Waals surface area contributed by atoms with Crippen molar-refractivity contribution in [2.45, 2.75) is 4.90 Å². The van der Waals surface area contributed by atoms with Crippen molar-refractivity contribution in [1.82, 2.24) is 4.98 Å². The van der Waals surface area contributed by atoms with Gasteiger partial charge in [-0.25, -0.2) is 4.98 Å². The van der Waals surface area contributed by atoms with Gasteiger partial charge in [0.15, 0.2) is 0 Å². The Bertz CT molecular complexity index is 489. The molecule has 0 saturated heterocycles. The van der Waals surface area contributed by atoms with Crippen LogP contribution in [0.1, 0.15) is 0 Å². The van der Waals surface area contributed by atoms with Crippen molar-refractivity contribution < 1.29 is 0 Å². The van der Waals surface area contributed by atoms with Crippen LogP contribution in [-0.2, 0) is 0 Å². The van der Waals surface area contributed by atoms with Crippen molar-refractivity contribution in [2.24, 2.45) is 5.14 Å². The zero-order valence-corrected chi connectivity index (χ0v) is 10.2. The molecular formula is C9H6BrClN2S. The number of aromatic nitrogens is 1. The molecule has 0 amide bonds. The van der Waals surface area contributed by atoms with E-state index in [2.05, 4.69) is 20.9 Å². The van der Waals surface area contributed by atoms with E-state index >= 15 is 0 Å². The van der Waals surface area contributed by atoms with Crippen molar-refractivity contribution in [2.75, 3.05) is 0 Å². The first-order valence-electron chi connectivity index (χ1n) is 3.83. The van der Waals surface area contributed by atoms with Crippen molar-refractivity contribution in [3.8, 4) is 0 Å². The van der Waals surface area contributed by atoms with Crippen molar-refractivity contribution >= 4 is 50.3 Å². The number of fused-ring (bicyclic) bond motifs is 1. The molecule has 1 aromatic heterocycles.